The Hall–Kier alpha value is -2.93. The predicted octanol–water partition coefficient (Wildman–Crippen LogP) is 2.54. The number of nitrogens with zero attached hydrogens (tertiary/aromatic N) is 3. The highest BCUT2D eigenvalue weighted by Gasteiger charge is 2.37. The van der Waals surface area contributed by atoms with E-state index >= 15 is 0 Å². The molecule has 2 aromatic rings. The molecule has 1 atom stereocenters. The van der Waals surface area contributed by atoms with Gasteiger partial charge in [-0.2, -0.15) is 0 Å². The topological polar surface area (TPSA) is 74.8 Å². The van der Waals surface area contributed by atoms with E-state index in [4.69, 9.17) is 4.74 Å². The van der Waals surface area contributed by atoms with Gasteiger partial charge in [0.2, 0.25) is 12.0 Å². The molecule has 4 rings (SSSR count). The fourth-order valence-electron chi connectivity index (χ4n) is 4.00. The van der Waals surface area contributed by atoms with Crippen molar-refractivity contribution in [1.82, 2.24) is 15.2 Å². The third kappa shape index (κ3) is 4.79. The molecule has 0 unspecified atom stereocenters. The number of carbonyl (C=O) groups is 2. The molecule has 2 aliphatic rings. The van der Waals surface area contributed by atoms with E-state index in [2.05, 4.69) is 15.2 Å². The van der Waals surface area contributed by atoms with Crippen molar-refractivity contribution in [2.45, 2.75) is 31.8 Å². The van der Waals surface area contributed by atoms with E-state index < -0.39 is 6.10 Å². The van der Waals surface area contributed by atoms with Crippen LogP contribution in [0.4, 0.5) is 5.82 Å². The van der Waals surface area contributed by atoms with E-state index in [0.29, 0.717) is 18.1 Å². The summed E-state index contributed by atoms with van der Waals surface area (Å²) >= 11 is 0. The predicted molar refractivity (Wildman–Crippen MR) is 114 cm³/mol. The van der Waals surface area contributed by atoms with Crippen LogP contribution < -0.4 is 15.0 Å². The molecule has 1 aromatic carbocycles. The van der Waals surface area contributed by atoms with Crippen LogP contribution >= 0.6 is 0 Å². The number of likely N-dealkylation sites (tertiary alicyclic amines) is 1. The molecule has 1 aromatic heterocycles. The van der Waals surface area contributed by atoms with E-state index in [1.165, 1.54) is 24.2 Å². The maximum Gasteiger partial charge on any atom is 0.274 e. The lowest BCUT2D eigenvalue weighted by atomic mass is 10.1. The zero-order valence-electron chi connectivity index (χ0n) is 17.1. The summed E-state index contributed by atoms with van der Waals surface area (Å²) in [6.07, 6.45) is 5.57. The van der Waals surface area contributed by atoms with Gasteiger partial charge in [-0.05, 0) is 51.0 Å². The minimum atomic E-state index is -0.783. The molecule has 0 bridgehead atoms. The third-order valence-electron chi connectivity index (χ3n) is 5.57. The summed E-state index contributed by atoms with van der Waals surface area (Å²) in [5.41, 5.74) is 0.754. The molecule has 0 spiro atoms. The third-order valence-corrected chi connectivity index (χ3v) is 5.57. The molecule has 30 heavy (non-hydrogen) atoms. The van der Waals surface area contributed by atoms with E-state index in [1.807, 2.05) is 30.3 Å². The number of rotatable bonds is 7. The number of benzene rings is 1. The first-order valence-electron chi connectivity index (χ1n) is 10.7. The first-order chi connectivity index (χ1) is 14.7. The summed E-state index contributed by atoms with van der Waals surface area (Å²) in [5.74, 6) is 0.421. The van der Waals surface area contributed by atoms with Crippen LogP contribution in [-0.2, 0) is 9.59 Å². The van der Waals surface area contributed by atoms with Crippen LogP contribution in [0.15, 0.2) is 48.7 Å². The number of fused-ring (bicyclic) bond motifs is 1. The average Bonchev–Trinajstić information content (AvgIpc) is 2.80. The van der Waals surface area contributed by atoms with Crippen molar-refractivity contribution >= 4 is 17.6 Å². The molecule has 1 saturated heterocycles. The number of nitrogens with one attached hydrogen (secondary N) is 1. The van der Waals surface area contributed by atoms with Gasteiger partial charge < -0.3 is 15.0 Å². The first-order valence-corrected chi connectivity index (χ1v) is 10.7. The Morgan fingerprint density at radius 3 is 2.70 bits per heavy atom. The first kappa shape index (κ1) is 20.3. The monoisotopic (exact) mass is 408 g/mol. The largest absolute Gasteiger partial charge is 0.472 e. The Balaban J connectivity index is 1.37. The zero-order chi connectivity index (χ0) is 20.8. The molecule has 7 heteroatoms. The van der Waals surface area contributed by atoms with Crippen LogP contribution in [0.1, 0.15) is 37.4 Å². The lowest BCUT2D eigenvalue weighted by molar-refractivity contribution is -0.129. The Bertz CT molecular complexity index is 868. The maximum absolute atomic E-state index is 13.1. The minimum absolute atomic E-state index is 0.0702. The lowest BCUT2D eigenvalue weighted by Crippen LogP contribution is -2.47. The number of ether oxygens (including phenoxy) is 1. The van der Waals surface area contributed by atoms with Crippen molar-refractivity contribution in [3.8, 4) is 5.75 Å². The number of piperidine rings is 1. The van der Waals surface area contributed by atoms with Gasteiger partial charge in [-0.1, -0.05) is 36.8 Å². The fraction of sp³-hybridized carbons (Fsp3) is 0.435. The van der Waals surface area contributed by atoms with Gasteiger partial charge in [0.1, 0.15) is 6.54 Å². The molecule has 0 aliphatic carbocycles. The van der Waals surface area contributed by atoms with Crippen molar-refractivity contribution in [1.29, 1.82) is 0 Å². The summed E-state index contributed by atoms with van der Waals surface area (Å²) in [7, 11) is 0. The number of hydrogen-bond acceptors (Lipinski definition) is 5. The van der Waals surface area contributed by atoms with Crippen molar-refractivity contribution in [3.63, 3.8) is 0 Å². The molecule has 0 saturated carbocycles. The molecular weight excluding hydrogens is 380 g/mol. The highest BCUT2D eigenvalue weighted by Crippen LogP contribution is 2.36. The van der Waals surface area contributed by atoms with Gasteiger partial charge in [-0.3, -0.25) is 14.5 Å². The van der Waals surface area contributed by atoms with Crippen molar-refractivity contribution in [3.05, 3.63) is 54.2 Å². The number of amides is 2. The normalized spacial score (nSPS) is 19.1. The SMILES string of the molecule is O=C(CN1C(=O)[C@@H](c2ccccc2)Oc2cccnc21)NCCCN1CCCCC1. The molecule has 2 aliphatic heterocycles. The number of anilines is 1. The van der Waals surface area contributed by atoms with Gasteiger partial charge in [-0.25, -0.2) is 4.98 Å². The molecule has 7 nitrogen and oxygen atoms in total. The molecular formula is C23H28N4O3. The average molecular weight is 409 g/mol. The van der Waals surface area contributed by atoms with E-state index in [0.717, 1.165) is 31.6 Å². The highest BCUT2D eigenvalue weighted by molar-refractivity contribution is 6.03. The number of pyridine rings is 1. The highest BCUT2D eigenvalue weighted by atomic mass is 16.5. The van der Waals surface area contributed by atoms with Gasteiger partial charge in [0.05, 0.1) is 0 Å². The second-order valence-electron chi connectivity index (χ2n) is 7.76. The fourth-order valence-corrected chi connectivity index (χ4v) is 4.00. The van der Waals surface area contributed by atoms with Gasteiger partial charge in [0.15, 0.2) is 11.6 Å². The number of hydrogen-bond donors (Lipinski definition) is 1. The quantitative estimate of drug-likeness (QED) is 0.713. The summed E-state index contributed by atoms with van der Waals surface area (Å²) in [4.78, 5) is 33.9. The molecule has 3 heterocycles. The smallest absolute Gasteiger partial charge is 0.274 e. The summed E-state index contributed by atoms with van der Waals surface area (Å²) in [5, 5.41) is 2.95. The number of carbonyl (C=O) groups excluding carboxylic acids is 2. The molecule has 1 fully saturated rings. The van der Waals surface area contributed by atoms with Crippen LogP contribution in [0.3, 0.4) is 0 Å². The molecule has 1 N–H and O–H groups in total. The van der Waals surface area contributed by atoms with Crippen LogP contribution in [0.5, 0.6) is 5.75 Å². The Labute approximate surface area is 177 Å². The summed E-state index contributed by atoms with van der Waals surface area (Å²) < 4.78 is 5.92. The maximum atomic E-state index is 13.1. The van der Waals surface area contributed by atoms with Crippen LogP contribution in [-0.4, -0.2) is 54.4 Å². The standard InChI is InChI=1S/C23H28N4O3/c28-20(24-13-8-16-26-14-5-2-6-15-26)17-27-22-19(11-7-12-25-22)30-21(23(27)29)18-9-3-1-4-10-18/h1,3-4,7,9-12,21H,2,5-6,8,13-17H2,(H,24,28)/t21-/m1/s1. The Morgan fingerprint density at radius 1 is 1.10 bits per heavy atom. The summed E-state index contributed by atoms with van der Waals surface area (Å²) in [6.45, 7) is 3.83. The second kappa shape index (κ2) is 9.71. The van der Waals surface area contributed by atoms with E-state index in [-0.39, 0.29) is 18.4 Å². The lowest BCUT2D eigenvalue weighted by Gasteiger charge is -2.33. The summed E-state index contributed by atoms with van der Waals surface area (Å²) in [6, 6.07) is 12.9. The zero-order valence-corrected chi connectivity index (χ0v) is 17.1. The van der Waals surface area contributed by atoms with Gasteiger partial charge in [-0.15, -0.1) is 0 Å². The molecule has 2 amide bonds. The minimum Gasteiger partial charge on any atom is -0.472 e. The molecule has 158 valence electrons. The van der Waals surface area contributed by atoms with Crippen molar-refractivity contribution in [2.75, 3.05) is 37.6 Å². The van der Waals surface area contributed by atoms with Gasteiger partial charge in [0, 0.05) is 18.3 Å². The molecule has 0 radical (unpaired) electrons. The van der Waals surface area contributed by atoms with Crippen LogP contribution in [0.25, 0.3) is 0 Å². The number of aromatic nitrogens is 1. The van der Waals surface area contributed by atoms with E-state index in [9.17, 15) is 9.59 Å². The van der Waals surface area contributed by atoms with Crippen LogP contribution in [0.2, 0.25) is 0 Å². The van der Waals surface area contributed by atoms with Crippen molar-refractivity contribution < 1.29 is 14.3 Å². The van der Waals surface area contributed by atoms with Crippen LogP contribution in [0, 0.1) is 0 Å². The van der Waals surface area contributed by atoms with Crippen molar-refractivity contribution in [2.24, 2.45) is 0 Å². The second-order valence-corrected chi connectivity index (χ2v) is 7.76. The van der Waals surface area contributed by atoms with Gasteiger partial charge in [0.25, 0.3) is 5.91 Å². The van der Waals surface area contributed by atoms with E-state index in [1.54, 1.807) is 18.3 Å². The van der Waals surface area contributed by atoms with Gasteiger partial charge >= 0.3 is 0 Å². The Morgan fingerprint density at radius 2 is 1.90 bits per heavy atom. The Kier molecular flexibility index (Phi) is 6.59.